The lowest BCUT2D eigenvalue weighted by Gasteiger charge is -2.23. The van der Waals surface area contributed by atoms with Crippen molar-refractivity contribution in [2.45, 2.75) is 39.2 Å². The van der Waals surface area contributed by atoms with Crippen LogP contribution in [-0.2, 0) is 9.59 Å². The van der Waals surface area contributed by atoms with Crippen molar-refractivity contribution in [3.8, 4) is 5.75 Å². The van der Waals surface area contributed by atoms with Crippen LogP contribution in [0.5, 0.6) is 5.75 Å². The number of carbonyl (C=O) groups is 2. The second-order valence-electron chi connectivity index (χ2n) is 5.04. The van der Waals surface area contributed by atoms with Crippen molar-refractivity contribution >= 4 is 11.9 Å². The van der Waals surface area contributed by atoms with Crippen LogP contribution in [0.15, 0.2) is 24.3 Å². The van der Waals surface area contributed by atoms with Gasteiger partial charge in [0.05, 0.1) is 6.61 Å². The maximum Gasteiger partial charge on any atom is 0.326 e. The van der Waals surface area contributed by atoms with Gasteiger partial charge >= 0.3 is 5.97 Å². The van der Waals surface area contributed by atoms with Crippen molar-refractivity contribution in [2.75, 3.05) is 13.7 Å². The highest BCUT2D eigenvalue weighted by molar-refractivity contribution is 5.83. The third kappa shape index (κ3) is 5.45. The first-order chi connectivity index (χ1) is 9.95. The fraction of sp³-hybridized carbons (Fsp3) is 0.500. The molecule has 1 unspecified atom stereocenters. The van der Waals surface area contributed by atoms with Gasteiger partial charge in [0.15, 0.2) is 0 Å². The Balaban J connectivity index is 2.35. The van der Waals surface area contributed by atoms with Crippen LogP contribution in [0, 0.1) is 6.92 Å². The number of amides is 1. The van der Waals surface area contributed by atoms with Crippen molar-refractivity contribution in [1.82, 2.24) is 4.90 Å². The van der Waals surface area contributed by atoms with E-state index in [4.69, 9.17) is 9.84 Å². The van der Waals surface area contributed by atoms with Gasteiger partial charge in [-0.2, -0.15) is 0 Å². The van der Waals surface area contributed by atoms with Gasteiger partial charge in [0, 0.05) is 13.5 Å². The molecular formula is C16H23NO4. The molecule has 0 bridgehead atoms. The number of aryl methyl sites for hydroxylation is 1. The van der Waals surface area contributed by atoms with Gasteiger partial charge in [-0.3, -0.25) is 4.79 Å². The van der Waals surface area contributed by atoms with E-state index >= 15 is 0 Å². The van der Waals surface area contributed by atoms with E-state index < -0.39 is 12.0 Å². The summed E-state index contributed by atoms with van der Waals surface area (Å²) >= 11 is 0. The number of ether oxygens (including phenoxy) is 1. The molecule has 0 saturated carbocycles. The molecule has 5 nitrogen and oxygen atoms in total. The molecule has 0 aliphatic heterocycles. The van der Waals surface area contributed by atoms with Crippen LogP contribution in [-0.4, -0.2) is 41.6 Å². The summed E-state index contributed by atoms with van der Waals surface area (Å²) in [5.41, 5.74) is 1.12. The standard InChI is InChI=1S/C16H23NO4/c1-4-14(16(19)20)17(3)15(18)9-6-10-21-13-8-5-7-12(2)11-13/h5,7-8,11,14H,4,6,9-10H2,1-3H3,(H,19,20). The highest BCUT2D eigenvalue weighted by Crippen LogP contribution is 2.13. The van der Waals surface area contributed by atoms with Gasteiger partial charge in [0.2, 0.25) is 5.91 Å². The van der Waals surface area contributed by atoms with Crippen LogP contribution in [0.25, 0.3) is 0 Å². The summed E-state index contributed by atoms with van der Waals surface area (Å²) in [4.78, 5) is 24.2. The summed E-state index contributed by atoms with van der Waals surface area (Å²) in [7, 11) is 1.53. The monoisotopic (exact) mass is 293 g/mol. The molecule has 1 atom stereocenters. The molecule has 0 aromatic heterocycles. The molecule has 21 heavy (non-hydrogen) atoms. The highest BCUT2D eigenvalue weighted by atomic mass is 16.5. The van der Waals surface area contributed by atoms with Crippen molar-refractivity contribution < 1.29 is 19.4 Å². The van der Waals surface area contributed by atoms with Crippen LogP contribution < -0.4 is 4.74 Å². The molecule has 1 rings (SSSR count). The summed E-state index contributed by atoms with van der Waals surface area (Å²) in [6.45, 7) is 4.18. The lowest BCUT2D eigenvalue weighted by molar-refractivity contribution is -0.149. The normalized spacial score (nSPS) is 11.8. The van der Waals surface area contributed by atoms with E-state index in [1.807, 2.05) is 31.2 Å². The molecule has 1 aromatic carbocycles. The van der Waals surface area contributed by atoms with E-state index in [2.05, 4.69) is 0 Å². The van der Waals surface area contributed by atoms with Crippen LogP contribution in [0.4, 0.5) is 0 Å². The van der Waals surface area contributed by atoms with Crippen LogP contribution >= 0.6 is 0 Å². The second kappa shape index (κ2) is 8.29. The third-order valence-electron chi connectivity index (χ3n) is 3.33. The van der Waals surface area contributed by atoms with E-state index in [9.17, 15) is 9.59 Å². The number of aliphatic carboxylic acids is 1. The molecule has 0 heterocycles. The van der Waals surface area contributed by atoms with Gasteiger partial charge in [-0.15, -0.1) is 0 Å². The minimum absolute atomic E-state index is 0.169. The number of hydrogen-bond acceptors (Lipinski definition) is 3. The van der Waals surface area contributed by atoms with E-state index in [-0.39, 0.29) is 12.3 Å². The number of carboxylic acids is 1. The average Bonchev–Trinajstić information content (AvgIpc) is 2.43. The van der Waals surface area contributed by atoms with Gasteiger partial charge in [-0.1, -0.05) is 19.1 Å². The molecule has 5 heteroatoms. The topological polar surface area (TPSA) is 66.8 Å². The van der Waals surface area contributed by atoms with Crippen molar-refractivity contribution in [1.29, 1.82) is 0 Å². The third-order valence-corrected chi connectivity index (χ3v) is 3.33. The molecular weight excluding hydrogens is 270 g/mol. The first kappa shape index (κ1) is 17.0. The number of hydrogen-bond donors (Lipinski definition) is 1. The Morgan fingerprint density at radius 1 is 1.38 bits per heavy atom. The fourth-order valence-corrected chi connectivity index (χ4v) is 2.08. The van der Waals surface area contributed by atoms with Gasteiger partial charge < -0.3 is 14.7 Å². The molecule has 1 N–H and O–H groups in total. The van der Waals surface area contributed by atoms with Crippen LogP contribution in [0.3, 0.4) is 0 Å². The van der Waals surface area contributed by atoms with E-state index in [1.165, 1.54) is 11.9 Å². The number of carbonyl (C=O) groups excluding carboxylic acids is 1. The van der Waals surface area contributed by atoms with Crippen molar-refractivity contribution in [3.05, 3.63) is 29.8 Å². The van der Waals surface area contributed by atoms with Gasteiger partial charge in [-0.25, -0.2) is 4.79 Å². The number of likely N-dealkylation sites (N-methyl/N-ethyl adjacent to an activating group) is 1. The Kier molecular flexibility index (Phi) is 6.72. The lowest BCUT2D eigenvalue weighted by Crippen LogP contribution is -2.41. The summed E-state index contributed by atoms with van der Waals surface area (Å²) in [6, 6.07) is 6.96. The molecule has 0 spiro atoms. The van der Waals surface area contributed by atoms with Crippen LogP contribution in [0.2, 0.25) is 0 Å². The van der Waals surface area contributed by atoms with Gasteiger partial charge in [0.25, 0.3) is 0 Å². The molecule has 0 saturated heterocycles. The molecule has 0 aliphatic rings. The van der Waals surface area contributed by atoms with Gasteiger partial charge in [0.1, 0.15) is 11.8 Å². The Morgan fingerprint density at radius 3 is 2.67 bits per heavy atom. The maximum absolute atomic E-state index is 11.9. The maximum atomic E-state index is 11.9. The number of nitrogens with zero attached hydrogens (tertiary/aromatic N) is 1. The lowest BCUT2D eigenvalue weighted by atomic mass is 10.2. The van der Waals surface area contributed by atoms with E-state index in [0.29, 0.717) is 19.4 Å². The Morgan fingerprint density at radius 2 is 2.10 bits per heavy atom. The zero-order valence-corrected chi connectivity index (χ0v) is 12.8. The minimum Gasteiger partial charge on any atom is -0.494 e. The Hall–Kier alpha value is -2.04. The first-order valence-corrected chi connectivity index (χ1v) is 7.13. The summed E-state index contributed by atoms with van der Waals surface area (Å²) in [5, 5.41) is 9.02. The minimum atomic E-state index is -0.968. The molecule has 0 radical (unpaired) electrons. The predicted molar refractivity (Wildman–Crippen MR) is 80.4 cm³/mol. The SMILES string of the molecule is CCC(C(=O)O)N(C)C(=O)CCCOc1cccc(C)c1. The van der Waals surface area contributed by atoms with Gasteiger partial charge in [-0.05, 0) is 37.5 Å². The molecule has 0 fully saturated rings. The average molecular weight is 293 g/mol. The largest absolute Gasteiger partial charge is 0.494 e. The summed E-state index contributed by atoms with van der Waals surface area (Å²) < 4.78 is 5.56. The fourth-order valence-electron chi connectivity index (χ4n) is 2.08. The highest BCUT2D eigenvalue weighted by Gasteiger charge is 2.23. The number of carboxylic acid groups (broad SMARTS) is 1. The zero-order chi connectivity index (χ0) is 15.8. The van der Waals surface area contributed by atoms with Crippen molar-refractivity contribution in [3.63, 3.8) is 0 Å². The van der Waals surface area contributed by atoms with Crippen LogP contribution in [0.1, 0.15) is 31.7 Å². The Labute approximate surface area is 125 Å². The van der Waals surface area contributed by atoms with E-state index in [1.54, 1.807) is 6.92 Å². The number of benzene rings is 1. The molecule has 0 aliphatic carbocycles. The molecule has 1 aromatic rings. The van der Waals surface area contributed by atoms with Crippen molar-refractivity contribution in [2.24, 2.45) is 0 Å². The predicted octanol–water partition coefficient (Wildman–Crippen LogP) is 2.48. The Bertz CT molecular complexity index is 487. The zero-order valence-electron chi connectivity index (χ0n) is 12.8. The summed E-state index contributed by atoms with van der Waals surface area (Å²) in [5.74, 6) is -0.353. The quantitative estimate of drug-likeness (QED) is 0.748. The first-order valence-electron chi connectivity index (χ1n) is 7.13. The smallest absolute Gasteiger partial charge is 0.326 e. The summed E-state index contributed by atoms with van der Waals surface area (Å²) in [6.07, 6.45) is 1.25. The molecule has 1 amide bonds. The number of rotatable bonds is 8. The second-order valence-corrected chi connectivity index (χ2v) is 5.04. The van der Waals surface area contributed by atoms with E-state index in [0.717, 1.165) is 11.3 Å². The molecule has 116 valence electrons.